The van der Waals surface area contributed by atoms with Crippen molar-refractivity contribution in [1.29, 1.82) is 0 Å². The van der Waals surface area contributed by atoms with Crippen molar-refractivity contribution < 1.29 is 39.5 Å². The Bertz CT molecular complexity index is 1940. The topological polar surface area (TPSA) is 91.9 Å². The Hall–Kier alpha value is -4.66. The Morgan fingerprint density at radius 1 is 0.837 bits per heavy atom. The van der Waals surface area contributed by atoms with Gasteiger partial charge < -0.3 is 9.30 Å². The van der Waals surface area contributed by atoms with Crippen LogP contribution in [0.2, 0.25) is 0 Å². The molecule has 0 fully saturated rings. The van der Waals surface area contributed by atoms with Gasteiger partial charge in [-0.1, -0.05) is 23.4 Å². The number of aryl methyl sites for hydroxylation is 2. The second kappa shape index (κ2) is 10.6. The summed E-state index contributed by atoms with van der Waals surface area (Å²) in [4.78, 5) is 3.72. The van der Waals surface area contributed by atoms with Crippen molar-refractivity contribution in [2.24, 2.45) is 0 Å². The standard InChI is InChI=1S/C28H21F6N5O3S/c1-16-11-20(8-10-25(16)42-28(32,33)34)24-14-35-37-39(24)23-13-19(18-5-4-6-21(12-18)43(3,40)41)7-9-22(23)38-15-26(27(29,30)31)36-17(38)2/h4-15H,1-3H3. The number of alkyl halides is 6. The summed E-state index contributed by atoms with van der Waals surface area (Å²) in [5, 5.41) is 8.10. The van der Waals surface area contributed by atoms with Crippen LogP contribution in [-0.4, -0.2) is 45.6 Å². The number of hydrogen-bond acceptors (Lipinski definition) is 6. The Morgan fingerprint density at radius 3 is 2.16 bits per heavy atom. The summed E-state index contributed by atoms with van der Waals surface area (Å²) >= 11 is 0. The fourth-order valence-electron chi connectivity index (χ4n) is 4.49. The molecule has 0 saturated carbocycles. The first kappa shape index (κ1) is 29.8. The molecule has 15 heteroatoms. The van der Waals surface area contributed by atoms with E-state index in [2.05, 4.69) is 20.0 Å². The summed E-state index contributed by atoms with van der Waals surface area (Å²) in [5.74, 6) is -0.385. The maximum Gasteiger partial charge on any atom is 0.573 e. The molecule has 0 atom stereocenters. The zero-order chi connectivity index (χ0) is 31.3. The number of sulfone groups is 1. The highest BCUT2D eigenvalue weighted by molar-refractivity contribution is 7.90. The van der Waals surface area contributed by atoms with Crippen LogP contribution < -0.4 is 4.74 Å². The van der Waals surface area contributed by atoms with E-state index in [-0.39, 0.29) is 27.7 Å². The molecule has 43 heavy (non-hydrogen) atoms. The minimum atomic E-state index is -4.89. The molecule has 0 amide bonds. The highest BCUT2D eigenvalue weighted by atomic mass is 32.2. The Balaban J connectivity index is 1.71. The molecule has 224 valence electrons. The molecule has 0 aliphatic carbocycles. The van der Waals surface area contributed by atoms with Crippen LogP contribution in [0.5, 0.6) is 5.75 Å². The van der Waals surface area contributed by atoms with E-state index >= 15 is 0 Å². The number of nitrogens with zero attached hydrogens (tertiary/aromatic N) is 5. The van der Waals surface area contributed by atoms with Crippen LogP contribution in [0.15, 0.2) is 78.0 Å². The Morgan fingerprint density at radius 2 is 1.53 bits per heavy atom. The van der Waals surface area contributed by atoms with Crippen molar-refractivity contribution in [1.82, 2.24) is 24.5 Å². The van der Waals surface area contributed by atoms with Gasteiger partial charge in [0, 0.05) is 18.0 Å². The van der Waals surface area contributed by atoms with Gasteiger partial charge >= 0.3 is 12.5 Å². The third kappa shape index (κ3) is 6.26. The zero-order valence-corrected chi connectivity index (χ0v) is 23.4. The van der Waals surface area contributed by atoms with Gasteiger partial charge in [0.1, 0.15) is 11.6 Å². The number of imidazole rings is 1. The van der Waals surface area contributed by atoms with Gasteiger partial charge in [0.15, 0.2) is 15.5 Å². The van der Waals surface area contributed by atoms with Crippen molar-refractivity contribution in [2.45, 2.75) is 31.3 Å². The van der Waals surface area contributed by atoms with Gasteiger partial charge in [0.2, 0.25) is 0 Å². The zero-order valence-electron chi connectivity index (χ0n) is 22.6. The first-order chi connectivity index (χ1) is 20.0. The molecule has 2 heterocycles. The van der Waals surface area contributed by atoms with Crippen molar-refractivity contribution in [3.63, 3.8) is 0 Å². The van der Waals surface area contributed by atoms with Crippen molar-refractivity contribution in [2.75, 3.05) is 6.26 Å². The van der Waals surface area contributed by atoms with Crippen LogP contribution in [0, 0.1) is 13.8 Å². The van der Waals surface area contributed by atoms with Gasteiger partial charge in [-0.25, -0.2) is 18.1 Å². The normalized spacial score (nSPS) is 12.5. The Kier molecular flexibility index (Phi) is 7.32. The molecular formula is C28H21F6N5O3S. The van der Waals surface area contributed by atoms with E-state index < -0.39 is 33.8 Å². The predicted octanol–water partition coefficient (Wildman–Crippen LogP) is 6.72. The molecule has 2 aromatic heterocycles. The quantitative estimate of drug-likeness (QED) is 0.196. The fraction of sp³-hybridized carbons (Fsp3) is 0.179. The lowest BCUT2D eigenvalue weighted by Gasteiger charge is -2.17. The van der Waals surface area contributed by atoms with Gasteiger partial charge in [-0.2, -0.15) is 13.2 Å². The molecule has 5 aromatic rings. The highest BCUT2D eigenvalue weighted by Crippen LogP contribution is 2.35. The van der Waals surface area contributed by atoms with Crippen LogP contribution >= 0.6 is 0 Å². The fourth-order valence-corrected chi connectivity index (χ4v) is 5.16. The monoisotopic (exact) mass is 621 g/mol. The molecule has 5 rings (SSSR count). The van der Waals surface area contributed by atoms with Crippen LogP contribution in [0.1, 0.15) is 17.1 Å². The number of aromatic nitrogens is 5. The maximum atomic E-state index is 13.5. The summed E-state index contributed by atoms with van der Waals surface area (Å²) in [6.45, 7) is 2.82. The first-order valence-electron chi connectivity index (χ1n) is 12.4. The van der Waals surface area contributed by atoms with E-state index in [4.69, 9.17) is 0 Å². The first-order valence-corrected chi connectivity index (χ1v) is 14.3. The molecular weight excluding hydrogens is 600 g/mol. The SMILES string of the molecule is Cc1cc(-c2cnnn2-c2cc(-c3cccc(S(C)(=O)=O)c3)ccc2-n2cc(C(F)(F)F)nc2C)ccc1OC(F)(F)F. The summed E-state index contributed by atoms with van der Waals surface area (Å²) in [6, 6.07) is 14.8. The van der Waals surface area contributed by atoms with E-state index in [9.17, 15) is 34.8 Å². The maximum absolute atomic E-state index is 13.5. The summed E-state index contributed by atoms with van der Waals surface area (Å²) in [5.41, 5.74) is 1.21. The minimum Gasteiger partial charge on any atom is -0.406 e. The third-order valence-corrected chi connectivity index (χ3v) is 7.59. The van der Waals surface area contributed by atoms with Gasteiger partial charge in [-0.3, -0.25) is 0 Å². The number of ether oxygens (including phenoxy) is 1. The number of hydrogen-bond donors (Lipinski definition) is 0. The Labute approximate surface area is 241 Å². The molecule has 0 aliphatic rings. The van der Waals surface area contributed by atoms with E-state index in [0.717, 1.165) is 18.5 Å². The molecule has 0 spiro atoms. The molecule has 3 aromatic carbocycles. The predicted molar refractivity (Wildman–Crippen MR) is 144 cm³/mol. The average Bonchev–Trinajstić information content (AvgIpc) is 3.55. The minimum absolute atomic E-state index is 0.0200. The second-order valence-electron chi connectivity index (χ2n) is 9.60. The van der Waals surface area contributed by atoms with Crippen molar-refractivity contribution >= 4 is 9.84 Å². The molecule has 0 saturated heterocycles. The van der Waals surface area contributed by atoms with Crippen LogP contribution in [-0.2, 0) is 16.0 Å². The van der Waals surface area contributed by atoms with Crippen LogP contribution in [0.25, 0.3) is 33.8 Å². The van der Waals surface area contributed by atoms with E-state index in [1.54, 1.807) is 24.3 Å². The largest absolute Gasteiger partial charge is 0.573 e. The third-order valence-electron chi connectivity index (χ3n) is 6.48. The van der Waals surface area contributed by atoms with Gasteiger partial charge in [0.25, 0.3) is 0 Å². The van der Waals surface area contributed by atoms with Crippen LogP contribution in [0.4, 0.5) is 26.3 Å². The van der Waals surface area contributed by atoms with Gasteiger partial charge in [0.05, 0.1) is 28.2 Å². The molecule has 0 aliphatic heterocycles. The van der Waals surface area contributed by atoms with E-state index in [1.807, 2.05) is 0 Å². The van der Waals surface area contributed by atoms with Gasteiger partial charge in [-0.05, 0) is 73.0 Å². The molecule has 0 unspecified atom stereocenters. The molecule has 0 bridgehead atoms. The van der Waals surface area contributed by atoms with Gasteiger partial charge in [-0.15, -0.1) is 18.3 Å². The summed E-state index contributed by atoms with van der Waals surface area (Å²) in [6.07, 6.45) is -6.35. The van der Waals surface area contributed by atoms with Crippen molar-refractivity contribution in [3.8, 4) is 39.5 Å². The lowest BCUT2D eigenvalue weighted by molar-refractivity contribution is -0.274. The summed E-state index contributed by atoms with van der Waals surface area (Å²) < 4.78 is 110. The number of benzene rings is 3. The van der Waals surface area contributed by atoms with E-state index in [1.165, 1.54) is 59.6 Å². The lowest BCUT2D eigenvalue weighted by Crippen LogP contribution is -2.17. The molecule has 0 radical (unpaired) electrons. The number of halogens is 6. The summed E-state index contributed by atoms with van der Waals surface area (Å²) in [7, 11) is -3.54. The van der Waals surface area contributed by atoms with E-state index in [0.29, 0.717) is 22.4 Å². The molecule has 0 N–H and O–H groups in total. The van der Waals surface area contributed by atoms with Crippen LogP contribution in [0.3, 0.4) is 0 Å². The number of rotatable bonds is 6. The molecule has 8 nitrogen and oxygen atoms in total. The van der Waals surface area contributed by atoms with Crippen molar-refractivity contribution in [3.05, 3.63) is 90.1 Å². The lowest BCUT2D eigenvalue weighted by atomic mass is 10.0. The average molecular weight is 622 g/mol. The highest BCUT2D eigenvalue weighted by Gasteiger charge is 2.35. The smallest absolute Gasteiger partial charge is 0.406 e. The second-order valence-corrected chi connectivity index (χ2v) is 11.6.